The van der Waals surface area contributed by atoms with Gasteiger partial charge in [-0.3, -0.25) is 15.0 Å². The first-order chi connectivity index (χ1) is 9.06. The van der Waals surface area contributed by atoms with Gasteiger partial charge in [0.2, 0.25) is 5.91 Å². The second-order valence-electron chi connectivity index (χ2n) is 4.02. The number of imidazole rings is 1. The number of carbonyl (C=O) groups excluding carboxylic acids is 1. The van der Waals surface area contributed by atoms with Gasteiger partial charge in [-0.15, -0.1) is 0 Å². The second kappa shape index (κ2) is 5.34. The molecule has 0 unspecified atom stereocenters. The van der Waals surface area contributed by atoms with Crippen molar-refractivity contribution < 1.29 is 14.7 Å². The lowest BCUT2D eigenvalue weighted by atomic mass is 10.2. The standard InChI is InChI=1S/C13H13N3O3/c1-9(17)15-16-8-11(10-5-3-2-4-6-10)14-12(16)7-13(18)19/h2-6,8H,7H2,1H3,(H,15,17)(H,18,19). The summed E-state index contributed by atoms with van der Waals surface area (Å²) in [5, 5.41) is 8.84. The fourth-order valence-corrected chi connectivity index (χ4v) is 1.69. The minimum absolute atomic E-state index is 0.257. The van der Waals surface area contributed by atoms with Crippen LogP contribution >= 0.6 is 0 Å². The molecule has 0 radical (unpaired) electrons. The summed E-state index contributed by atoms with van der Waals surface area (Å²) in [6, 6.07) is 9.34. The molecule has 0 fully saturated rings. The molecule has 2 N–H and O–H groups in total. The molecule has 0 aliphatic heterocycles. The minimum atomic E-state index is -1.00. The Bertz CT molecular complexity index is 571. The van der Waals surface area contributed by atoms with Crippen LogP contribution in [0.25, 0.3) is 11.3 Å². The Hall–Kier alpha value is -2.63. The van der Waals surface area contributed by atoms with Crippen LogP contribution in [0.4, 0.5) is 0 Å². The van der Waals surface area contributed by atoms with E-state index in [-0.39, 0.29) is 18.2 Å². The average molecular weight is 259 g/mol. The molecule has 19 heavy (non-hydrogen) atoms. The number of aromatic nitrogens is 2. The smallest absolute Gasteiger partial charge is 0.311 e. The number of hydrogen-bond donors (Lipinski definition) is 2. The van der Waals surface area contributed by atoms with E-state index in [0.29, 0.717) is 5.69 Å². The van der Waals surface area contributed by atoms with Gasteiger partial charge < -0.3 is 5.11 Å². The summed E-state index contributed by atoms with van der Waals surface area (Å²) in [6.45, 7) is 1.35. The lowest BCUT2D eigenvalue weighted by molar-refractivity contribution is -0.136. The Kier molecular flexibility index (Phi) is 3.61. The van der Waals surface area contributed by atoms with Crippen LogP contribution in [0.5, 0.6) is 0 Å². The van der Waals surface area contributed by atoms with E-state index in [1.807, 2.05) is 30.3 Å². The molecule has 2 aromatic rings. The van der Waals surface area contributed by atoms with Crippen molar-refractivity contribution in [2.45, 2.75) is 13.3 Å². The maximum Gasteiger partial charge on any atom is 0.311 e. The van der Waals surface area contributed by atoms with Crippen molar-refractivity contribution in [1.82, 2.24) is 9.66 Å². The first kappa shape index (κ1) is 12.8. The van der Waals surface area contributed by atoms with Crippen LogP contribution < -0.4 is 5.43 Å². The monoisotopic (exact) mass is 259 g/mol. The molecule has 98 valence electrons. The highest BCUT2D eigenvalue weighted by molar-refractivity contribution is 5.81. The van der Waals surface area contributed by atoms with Gasteiger partial charge in [0.05, 0.1) is 11.9 Å². The van der Waals surface area contributed by atoms with E-state index in [1.54, 1.807) is 6.20 Å². The normalized spacial score (nSPS) is 10.2. The Labute approximate surface area is 109 Å². The summed E-state index contributed by atoms with van der Waals surface area (Å²) < 4.78 is 1.35. The number of benzene rings is 1. The van der Waals surface area contributed by atoms with Gasteiger partial charge in [0.15, 0.2) is 0 Å². The maximum atomic E-state index is 11.1. The zero-order chi connectivity index (χ0) is 13.8. The summed E-state index contributed by atoms with van der Waals surface area (Å²) >= 11 is 0. The molecule has 0 aliphatic rings. The molecule has 1 heterocycles. The number of hydrogen-bond acceptors (Lipinski definition) is 3. The Morgan fingerprint density at radius 2 is 2.00 bits per heavy atom. The third-order valence-corrected chi connectivity index (χ3v) is 2.44. The van der Waals surface area contributed by atoms with Crippen molar-refractivity contribution in [3.8, 4) is 11.3 Å². The van der Waals surface area contributed by atoms with E-state index in [2.05, 4.69) is 10.4 Å². The van der Waals surface area contributed by atoms with Crippen LogP contribution in [-0.4, -0.2) is 26.6 Å². The third-order valence-electron chi connectivity index (χ3n) is 2.44. The van der Waals surface area contributed by atoms with E-state index in [4.69, 9.17) is 5.11 Å². The van der Waals surface area contributed by atoms with Gasteiger partial charge in [0.25, 0.3) is 0 Å². The fraction of sp³-hybridized carbons (Fsp3) is 0.154. The molecule has 1 amide bonds. The average Bonchev–Trinajstić information content (AvgIpc) is 2.72. The predicted octanol–water partition coefficient (Wildman–Crippen LogP) is 1.27. The van der Waals surface area contributed by atoms with E-state index >= 15 is 0 Å². The van der Waals surface area contributed by atoms with Gasteiger partial charge in [-0.1, -0.05) is 30.3 Å². The van der Waals surface area contributed by atoms with Crippen molar-refractivity contribution >= 4 is 11.9 Å². The number of amides is 1. The van der Waals surface area contributed by atoms with Crippen molar-refractivity contribution in [3.63, 3.8) is 0 Å². The third kappa shape index (κ3) is 3.19. The first-order valence-electron chi connectivity index (χ1n) is 5.69. The molecule has 0 spiro atoms. The zero-order valence-corrected chi connectivity index (χ0v) is 10.3. The van der Waals surface area contributed by atoms with Gasteiger partial charge in [0, 0.05) is 12.5 Å². The Morgan fingerprint density at radius 3 is 2.58 bits per heavy atom. The van der Waals surface area contributed by atoms with Crippen molar-refractivity contribution in [3.05, 3.63) is 42.4 Å². The van der Waals surface area contributed by atoms with Gasteiger partial charge in [0.1, 0.15) is 12.2 Å². The van der Waals surface area contributed by atoms with Crippen LogP contribution in [0.15, 0.2) is 36.5 Å². The van der Waals surface area contributed by atoms with Gasteiger partial charge in [-0.05, 0) is 0 Å². The van der Waals surface area contributed by atoms with Crippen molar-refractivity contribution in [1.29, 1.82) is 0 Å². The van der Waals surface area contributed by atoms with Crippen LogP contribution in [0, 0.1) is 0 Å². The molecule has 0 saturated heterocycles. The Balaban J connectivity index is 2.39. The number of aliphatic carboxylic acids is 1. The van der Waals surface area contributed by atoms with E-state index in [1.165, 1.54) is 11.6 Å². The van der Waals surface area contributed by atoms with Crippen LogP contribution in [0.2, 0.25) is 0 Å². The fourth-order valence-electron chi connectivity index (χ4n) is 1.69. The summed E-state index contributed by atoms with van der Waals surface area (Å²) in [5.41, 5.74) is 4.00. The number of carboxylic acid groups (broad SMARTS) is 1. The van der Waals surface area contributed by atoms with Gasteiger partial charge in [-0.25, -0.2) is 9.66 Å². The molecule has 1 aromatic carbocycles. The van der Waals surface area contributed by atoms with Crippen LogP contribution in [-0.2, 0) is 16.0 Å². The quantitative estimate of drug-likeness (QED) is 0.866. The SMILES string of the molecule is CC(=O)Nn1cc(-c2ccccc2)nc1CC(=O)O. The molecule has 2 rings (SSSR count). The first-order valence-corrected chi connectivity index (χ1v) is 5.69. The lowest BCUT2D eigenvalue weighted by Gasteiger charge is -2.05. The number of carbonyl (C=O) groups is 2. The zero-order valence-electron chi connectivity index (χ0n) is 10.3. The molecule has 1 aromatic heterocycles. The molecular weight excluding hydrogens is 246 g/mol. The number of nitrogens with one attached hydrogen (secondary N) is 1. The highest BCUT2D eigenvalue weighted by Gasteiger charge is 2.13. The van der Waals surface area contributed by atoms with Crippen LogP contribution in [0.3, 0.4) is 0 Å². The Morgan fingerprint density at radius 1 is 1.32 bits per heavy atom. The summed E-state index contributed by atoms with van der Waals surface area (Å²) in [7, 11) is 0. The topological polar surface area (TPSA) is 84.2 Å². The minimum Gasteiger partial charge on any atom is -0.481 e. The van der Waals surface area contributed by atoms with Crippen molar-refractivity contribution in [2.75, 3.05) is 5.43 Å². The van der Waals surface area contributed by atoms with E-state index in [9.17, 15) is 9.59 Å². The number of carboxylic acids is 1. The lowest BCUT2D eigenvalue weighted by Crippen LogP contribution is -2.22. The van der Waals surface area contributed by atoms with Gasteiger partial charge >= 0.3 is 5.97 Å². The van der Waals surface area contributed by atoms with E-state index < -0.39 is 5.97 Å². The van der Waals surface area contributed by atoms with Gasteiger partial charge in [-0.2, -0.15) is 0 Å². The van der Waals surface area contributed by atoms with Crippen LogP contribution in [0.1, 0.15) is 12.7 Å². The molecule has 0 aliphatic carbocycles. The van der Waals surface area contributed by atoms with E-state index in [0.717, 1.165) is 5.56 Å². The summed E-state index contributed by atoms with van der Waals surface area (Å²) in [5.74, 6) is -1.01. The largest absolute Gasteiger partial charge is 0.481 e. The number of rotatable bonds is 4. The maximum absolute atomic E-state index is 11.1. The molecule has 6 heteroatoms. The summed E-state index contributed by atoms with van der Waals surface area (Å²) in [6.07, 6.45) is 1.35. The highest BCUT2D eigenvalue weighted by atomic mass is 16.4. The molecule has 0 bridgehead atoms. The highest BCUT2D eigenvalue weighted by Crippen LogP contribution is 2.17. The molecule has 0 atom stereocenters. The number of nitrogens with zero attached hydrogens (tertiary/aromatic N) is 2. The summed E-state index contributed by atoms with van der Waals surface area (Å²) in [4.78, 5) is 26.1. The molecule has 0 saturated carbocycles. The second-order valence-corrected chi connectivity index (χ2v) is 4.02. The molecular formula is C13H13N3O3. The predicted molar refractivity (Wildman–Crippen MR) is 69.0 cm³/mol. The van der Waals surface area contributed by atoms with Crippen molar-refractivity contribution in [2.24, 2.45) is 0 Å². The molecule has 6 nitrogen and oxygen atoms in total.